The summed E-state index contributed by atoms with van der Waals surface area (Å²) in [5.74, 6) is 0.802. The molecule has 0 heterocycles. The van der Waals surface area contributed by atoms with Gasteiger partial charge in [-0.1, -0.05) is 32.9 Å². The van der Waals surface area contributed by atoms with Crippen molar-refractivity contribution in [1.29, 1.82) is 0 Å². The lowest BCUT2D eigenvalue weighted by atomic mass is 9.84. The number of rotatable bonds is 5. The molecule has 0 aromatic heterocycles. The Morgan fingerprint density at radius 2 is 1.37 bits per heavy atom. The third-order valence-electron chi connectivity index (χ3n) is 4.90. The zero-order valence-corrected chi connectivity index (χ0v) is 17.6. The van der Waals surface area contributed by atoms with Crippen LogP contribution in [0.25, 0.3) is 0 Å². The van der Waals surface area contributed by atoms with Crippen LogP contribution >= 0.6 is 0 Å². The molecule has 0 unspecified atom stereocenters. The first-order valence-corrected chi connectivity index (χ1v) is 9.08. The molecule has 2 aromatic carbocycles. The summed E-state index contributed by atoms with van der Waals surface area (Å²) in [6.45, 7) is 12.8. The first-order valence-electron chi connectivity index (χ1n) is 9.08. The summed E-state index contributed by atoms with van der Waals surface area (Å²) in [7, 11) is 3.14. The van der Waals surface area contributed by atoms with Crippen LogP contribution in [0.4, 0.5) is 0 Å². The number of benzene rings is 2. The van der Waals surface area contributed by atoms with Gasteiger partial charge >= 0.3 is 5.97 Å². The monoisotopic (exact) mass is 370 g/mol. The van der Waals surface area contributed by atoms with Crippen molar-refractivity contribution in [1.82, 2.24) is 0 Å². The molecule has 146 valence electrons. The molecule has 27 heavy (non-hydrogen) atoms. The van der Waals surface area contributed by atoms with Gasteiger partial charge in [-0.15, -0.1) is 0 Å². The maximum atomic E-state index is 12.6. The van der Waals surface area contributed by atoms with Crippen LogP contribution in [0.2, 0.25) is 0 Å². The van der Waals surface area contributed by atoms with Crippen molar-refractivity contribution >= 4 is 5.97 Å². The Bertz CT molecular complexity index is 796. The smallest absolute Gasteiger partial charge is 0.338 e. The van der Waals surface area contributed by atoms with Crippen molar-refractivity contribution in [2.75, 3.05) is 14.2 Å². The summed E-state index contributed by atoms with van der Waals surface area (Å²) in [6.07, 6.45) is 0. The van der Waals surface area contributed by atoms with Gasteiger partial charge in [0.2, 0.25) is 0 Å². The van der Waals surface area contributed by atoms with E-state index in [1.807, 2.05) is 6.92 Å². The predicted molar refractivity (Wildman–Crippen MR) is 108 cm³/mol. The Morgan fingerprint density at radius 3 is 1.78 bits per heavy atom. The largest absolute Gasteiger partial charge is 0.496 e. The van der Waals surface area contributed by atoms with Gasteiger partial charge in [-0.25, -0.2) is 4.79 Å². The fourth-order valence-electron chi connectivity index (χ4n) is 3.08. The maximum Gasteiger partial charge on any atom is 0.338 e. The molecule has 0 aliphatic heterocycles. The molecule has 0 saturated heterocycles. The van der Waals surface area contributed by atoms with E-state index in [0.29, 0.717) is 17.1 Å². The number of ether oxygens (including phenoxy) is 3. The van der Waals surface area contributed by atoms with E-state index in [1.54, 1.807) is 26.4 Å². The number of carbonyl (C=O) groups is 1. The number of carbonyl (C=O) groups excluding carboxylic acids is 1. The Hall–Kier alpha value is -2.49. The van der Waals surface area contributed by atoms with Crippen molar-refractivity contribution in [2.24, 2.45) is 0 Å². The number of methoxy groups -OCH3 is 2. The highest BCUT2D eigenvalue weighted by atomic mass is 16.5. The van der Waals surface area contributed by atoms with E-state index in [9.17, 15) is 4.79 Å². The number of hydrogen-bond acceptors (Lipinski definition) is 4. The van der Waals surface area contributed by atoms with E-state index in [2.05, 4.69) is 46.8 Å². The summed E-state index contributed by atoms with van der Waals surface area (Å²) in [6, 6.07) is 7.72. The minimum absolute atomic E-state index is 0.0831. The van der Waals surface area contributed by atoms with Gasteiger partial charge in [0.25, 0.3) is 0 Å². The summed E-state index contributed by atoms with van der Waals surface area (Å²) < 4.78 is 16.3. The van der Waals surface area contributed by atoms with Crippen molar-refractivity contribution in [3.63, 3.8) is 0 Å². The quantitative estimate of drug-likeness (QED) is 0.671. The molecule has 0 saturated carbocycles. The van der Waals surface area contributed by atoms with Crippen LogP contribution in [0.5, 0.6) is 11.5 Å². The Labute approximate surface area is 162 Å². The minimum atomic E-state index is -0.398. The molecular formula is C23H30O4. The Kier molecular flexibility index (Phi) is 6.19. The van der Waals surface area contributed by atoms with Crippen LogP contribution in [0.3, 0.4) is 0 Å². The van der Waals surface area contributed by atoms with Gasteiger partial charge in [0, 0.05) is 5.56 Å². The molecule has 4 heteroatoms. The number of aryl methyl sites for hydroxylation is 2. The van der Waals surface area contributed by atoms with E-state index in [-0.39, 0.29) is 12.0 Å². The lowest BCUT2D eigenvalue weighted by molar-refractivity contribution is 0.0470. The van der Waals surface area contributed by atoms with Crippen LogP contribution in [0.1, 0.15) is 58.9 Å². The highest BCUT2D eigenvalue weighted by Crippen LogP contribution is 2.30. The van der Waals surface area contributed by atoms with Crippen LogP contribution in [-0.4, -0.2) is 20.2 Å². The highest BCUT2D eigenvalue weighted by Gasteiger charge is 2.18. The Morgan fingerprint density at radius 1 is 0.889 bits per heavy atom. The summed E-state index contributed by atoms with van der Waals surface area (Å²) >= 11 is 0. The van der Waals surface area contributed by atoms with Crippen molar-refractivity contribution < 1.29 is 19.0 Å². The molecule has 0 atom stereocenters. The highest BCUT2D eigenvalue weighted by molar-refractivity contribution is 5.90. The zero-order chi connectivity index (χ0) is 20.4. The fourth-order valence-corrected chi connectivity index (χ4v) is 3.08. The normalized spacial score (nSPS) is 11.3. The van der Waals surface area contributed by atoms with Gasteiger partial charge in [-0.2, -0.15) is 0 Å². The second kappa shape index (κ2) is 8.03. The molecule has 2 aromatic rings. The summed E-state index contributed by atoms with van der Waals surface area (Å²) in [5.41, 5.74) is 5.93. The van der Waals surface area contributed by atoms with E-state index in [4.69, 9.17) is 14.2 Å². The average Bonchev–Trinajstić information content (AvgIpc) is 2.60. The average molecular weight is 370 g/mol. The van der Waals surface area contributed by atoms with E-state index in [0.717, 1.165) is 22.3 Å². The molecule has 0 amide bonds. The van der Waals surface area contributed by atoms with Gasteiger partial charge in [0.05, 0.1) is 19.8 Å². The zero-order valence-electron chi connectivity index (χ0n) is 17.6. The minimum Gasteiger partial charge on any atom is -0.496 e. The van der Waals surface area contributed by atoms with Gasteiger partial charge in [0.1, 0.15) is 18.1 Å². The van der Waals surface area contributed by atoms with Crippen LogP contribution in [0.15, 0.2) is 24.3 Å². The van der Waals surface area contributed by atoms with Gasteiger partial charge in [0.15, 0.2) is 0 Å². The van der Waals surface area contributed by atoms with Gasteiger partial charge < -0.3 is 14.2 Å². The van der Waals surface area contributed by atoms with Gasteiger partial charge in [-0.3, -0.25) is 0 Å². The molecule has 0 spiro atoms. The first kappa shape index (κ1) is 20.8. The number of esters is 1. The van der Waals surface area contributed by atoms with Crippen molar-refractivity contribution in [3.8, 4) is 11.5 Å². The lowest BCUT2D eigenvalue weighted by Crippen LogP contribution is -2.13. The van der Waals surface area contributed by atoms with Crippen LogP contribution in [0, 0.1) is 20.8 Å². The number of hydrogen-bond donors (Lipinski definition) is 0. The van der Waals surface area contributed by atoms with Crippen molar-refractivity contribution in [2.45, 2.75) is 53.6 Å². The molecule has 0 aliphatic rings. The Balaban J connectivity index is 2.24. The summed E-state index contributed by atoms with van der Waals surface area (Å²) in [5, 5.41) is 0. The molecule has 0 fully saturated rings. The molecule has 0 bridgehead atoms. The second-order valence-electron chi connectivity index (χ2n) is 7.92. The lowest BCUT2D eigenvalue weighted by Gasteiger charge is -2.22. The summed E-state index contributed by atoms with van der Waals surface area (Å²) in [4.78, 5) is 12.6. The van der Waals surface area contributed by atoms with Crippen molar-refractivity contribution in [3.05, 3.63) is 57.6 Å². The molecule has 0 radical (unpaired) electrons. The predicted octanol–water partition coefficient (Wildman–Crippen LogP) is 5.28. The first-order chi connectivity index (χ1) is 12.6. The van der Waals surface area contributed by atoms with Gasteiger partial charge in [-0.05, 0) is 60.6 Å². The topological polar surface area (TPSA) is 44.8 Å². The third kappa shape index (κ3) is 4.62. The van der Waals surface area contributed by atoms with E-state index in [1.165, 1.54) is 5.56 Å². The molecular weight excluding hydrogens is 340 g/mol. The van der Waals surface area contributed by atoms with E-state index >= 15 is 0 Å². The third-order valence-corrected chi connectivity index (χ3v) is 4.90. The van der Waals surface area contributed by atoms with Crippen LogP contribution in [-0.2, 0) is 16.8 Å². The second-order valence-corrected chi connectivity index (χ2v) is 7.92. The molecule has 0 N–H and O–H groups in total. The SMILES string of the molecule is COc1cc(C(=O)OCc2c(C)cc(C(C)(C)C)cc2C)cc(OC)c1C. The standard InChI is InChI=1S/C23H30O4/c1-14-9-18(23(4,5)6)10-15(2)19(14)13-27-22(24)17-11-20(25-7)16(3)21(12-17)26-8/h9-12H,13H2,1-8H3. The molecule has 2 rings (SSSR count). The molecule has 4 nitrogen and oxygen atoms in total. The fraction of sp³-hybridized carbons (Fsp3) is 0.435. The maximum absolute atomic E-state index is 12.6. The van der Waals surface area contributed by atoms with Crippen LogP contribution < -0.4 is 9.47 Å². The van der Waals surface area contributed by atoms with E-state index < -0.39 is 5.97 Å². The molecule has 0 aliphatic carbocycles.